The molecule has 8 heteroatoms. The minimum Gasteiger partial charge on any atom is -0.484 e. The number of furan rings is 1. The predicted octanol–water partition coefficient (Wildman–Crippen LogP) is 4.86. The Balaban J connectivity index is 1.55. The highest BCUT2D eigenvalue weighted by Gasteiger charge is 2.12. The first-order chi connectivity index (χ1) is 13.0. The normalized spacial score (nSPS) is 10.3. The summed E-state index contributed by atoms with van der Waals surface area (Å²) in [6.07, 6.45) is 1.40. The van der Waals surface area contributed by atoms with E-state index in [1.165, 1.54) is 12.3 Å². The largest absolute Gasteiger partial charge is 0.484 e. The molecule has 0 bridgehead atoms. The summed E-state index contributed by atoms with van der Waals surface area (Å²) in [4.78, 5) is 24.0. The number of benzene rings is 2. The topological polar surface area (TPSA) is 80.6 Å². The van der Waals surface area contributed by atoms with Crippen LogP contribution in [0.3, 0.4) is 0 Å². The van der Waals surface area contributed by atoms with Gasteiger partial charge >= 0.3 is 0 Å². The van der Waals surface area contributed by atoms with E-state index in [1.54, 1.807) is 48.5 Å². The van der Waals surface area contributed by atoms with Crippen molar-refractivity contribution in [1.82, 2.24) is 0 Å². The van der Waals surface area contributed by atoms with Crippen LogP contribution in [-0.2, 0) is 4.79 Å². The van der Waals surface area contributed by atoms with Crippen molar-refractivity contribution in [3.8, 4) is 5.75 Å². The SMILES string of the molecule is O=C(COc1ccc(Cl)cc1)Nc1ccc(NC(=O)c2ccco2)c(Cl)c1. The third kappa shape index (κ3) is 5.26. The van der Waals surface area contributed by atoms with Crippen molar-refractivity contribution in [2.75, 3.05) is 17.2 Å². The van der Waals surface area contributed by atoms with Crippen LogP contribution in [0, 0.1) is 0 Å². The van der Waals surface area contributed by atoms with E-state index < -0.39 is 5.91 Å². The molecule has 2 amide bonds. The fraction of sp³-hybridized carbons (Fsp3) is 0.0526. The number of carbonyl (C=O) groups excluding carboxylic acids is 2. The van der Waals surface area contributed by atoms with Crippen LogP contribution in [0.5, 0.6) is 5.75 Å². The summed E-state index contributed by atoms with van der Waals surface area (Å²) in [5.41, 5.74) is 0.870. The van der Waals surface area contributed by atoms with Crippen LogP contribution in [0.4, 0.5) is 11.4 Å². The minimum atomic E-state index is -0.421. The van der Waals surface area contributed by atoms with E-state index in [-0.39, 0.29) is 23.3 Å². The van der Waals surface area contributed by atoms with Crippen LogP contribution in [0.25, 0.3) is 0 Å². The molecule has 1 heterocycles. The van der Waals surface area contributed by atoms with Crippen LogP contribution in [0.1, 0.15) is 10.6 Å². The summed E-state index contributed by atoms with van der Waals surface area (Å²) < 4.78 is 10.4. The Morgan fingerprint density at radius 1 is 1.00 bits per heavy atom. The molecule has 3 aromatic rings. The average molecular weight is 405 g/mol. The van der Waals surface area contributed by atoms with E-state index in [0.29, 0.717) is 22.1 Å². The van der Waals surface area contributed by atoms with Gasteiger partial charge in [-0.3, -0.25) is 9.59 Å². The second kappa shape index (κ2) is 8.62. The van der Waals surface area contributed by atoms with Crippen LogP contribution in [0.15, 0.2) is 65.3 Å². The molecule has 138 valence electrons. The molecule has 0 fully saturated rings. The maximum atomic E-state index is 12.0. The van der Waals surface area contributed by atoms with Gasteiger partial charge in [-0.15, -0.1) is 0 Å². The number of carbonyl (C=O) groups is 2. The third-order valence-corrected chi connectivity index (χ3v) is 3.99. The Morgan fingerprint density at radius 3 is 2.44 bits per heavy atom. The molecule has 0 unspecified atom stereocenters. The van der Waals surface area contributed by atoms with E-state index in [0.717, 1.165) is 0 Å². The predicted molar refractivity (Wildman–Crippen MR) is 104 cm³/mol. The fourth-order valence-electron chi connectivity index (χ4n) is 2.16. The lowest BCUT2D eigenvalue weighted by atomic mass is 10.2. The Hall–Kier alpha value is -2.96. The van der Waals surface area contributed by atoms with Crippen LogP contribution >= 0.6 is 23.2 Å². The Labute approximate surface area is 165 Å². The van der Waals surface area contributed by atoms with Gasteiger partial charge < -0.3 is 19.8 Å². The third-order valence-electron chi connectivity index (χ3n) is 3.43. The quantitative estimate of drug-likeness (QED) is 0.614. The van der Waals surface area contributed by atoms with Gasteiger partial charge in [-0.2, -0.15) is 0 Å². The van der Waals surface area contributed by atoms with E-state index in [2.05, 4.69) is 10.6 Å². The van der Waals surface area contributed by atoms with E-state index >= 15 is 0 Å². The highest BCUT2D eigenvalue weighted by atomic mass is 35.5. The van der Waals surface area contributed by atoms with Crippen molar-refractivity contribution in [3.63, 3.8) is 0 Å². The molecule has 0 radical (unpaired) electrons. The first-order valence-electron chi connectivity index (χ1n) is 7.84. The van der Waals surface area contributed by atoms with E-state index in [1.807, 2.05) is 0 Å². The average Bonchev–Trinajstić information content (AvgIpc) is 3.18. The molecule has 0 atom stereocenters. The first-order valence-corrected chi connectivity index (χ1v) is 8.59. The molecule has 2 N–H and O–H groups in total. The summed E-state index contributed by atoms with van der Waals surface area (Å²) in [7, 11) is 0. The molecule has 0 aliphatic heterocycles. The number of hydrogen-bond donors (Lipinski definition) is 2. The fourth-order valence-corrected chi connectivity index (χ4v) is 2.52. The molecular weight excluding hydrogens is 391 g/mol. The Bertz CT molecular complexity index is 941. The lowest BCUT2D eigenvalue weighted by molar-refractivity contribution is -0.118. The summed E-state index contributed by atoms with van der Waals surface area (Å²) in [6.45, 7) is -0.170. The Kier molecular flexibility index (Phi) is 6.01. The number of halogens is 2. The molecule has 27 heavy (non-hydrogen) atoms. The van der Waals surface area contributed by atoms with Crippen molar-refractivity contribution in [1.29, 1.82) is 0 Å². The molecule has 0 saturated heterocycles. The monoisotopic (exact) mass is 404 g/mol. The molecule has 2 aromatic carbocycles. The number of hydrogen-bond acceptors (Lipinski definition) is 4. The standard InChI is InChI=1S/C19H14Cl2N2O4/c20-12-3-6-14(7-4-12)27-11-18(24)22-13-5-8-16(15(21)10-13)23-19(25)17-2-1-9-26-17/h1-10H,11H2,(H,22,24)(H,23,25). The van der Waals surface area contributed by atoms with Crippen LogP contribution in [0.2, 0.25) is 10.0 Å². The van der Waals surface area contributed by atoms with Crippen molar-refractivity contribution >= 4 is 46.4 Å². The van der Waals surface area contributed by atoms with Gasteiger partial charge in [0.1, 0.15) is 5.75 Å². The summed E-state index contributed by atoms with van der Waals surface area (Å²) in [5, 5.41) is 6.15. The molecule has 3 rings (SSSR count). The van der Waals surface area contributed by atoms with Gasteiger partial charge in [0.2, 0.25) is 0 Å². The molecule has 0 spiro atoms. The zero-order valence-electron chi connectivity index (χ0n) is 13.9. The molecule has 6 nitrogen and oxygen atoms in total. The van der Waals surface area contributed by atoms with Crippen molar-refractivity contribution < 1.29 is 18.7 Å². The van der Waals surface area contributed by atoms with Crippen molar-refractivity contribution in [2.24, 2.45) is 0 Å². The smallest absolute Gasteiger partial charge is 0.291 e. The summed E-state index contributed by atoms with van der Waals surface area (Å²) in [6, 6.07) is 14.6. The second-order valence-electron chi connectivity index (χ2n) is 5.42. The maximum Gasteiger partial charge on any atom is 0.291 e. The zero-order chi connectivity index (χ0) is 19.2. The zero-order valence-corrected chi connectivity index (χ0v) is 15.4. The molecule has 1 aromatic heterocycles. The van der Waals surface area contributed by atoms with E-state index in [4.69, 9.17) is 32.4 Å². The molecule has 0 aliphatic carbocycles. The highest BCUT2D eigenvalue weighted by molar-refractivity contribution is 6.34. The molecule has 0 saturated carbocycles. The van der Waals surface area contributed by atoms with Gasteiger partial charge in [-0.25, -0.2) is 0 Å². The number of amides is 2. The number of rotatable bonds is 6. The number of anilines is 2. The Morgan fingerprint density at radius 2 is 1.78 bits per heavy atom. The van der Waals surface area contributed by atoms with E-state index in [9.17, 15) is 9.59 Å². The van der Waals surface area contributed by atoms with Gasteiger partial charge in [0.25, 0.3) is 11.8 Å². The highest BCUT2D eigenvalue weighted by Crippen LogP contribution is 2.26. The van der Waals surface area contributed by atoms with Gasteiger partial charge in [0.05, 0.1) is 17.0 Å². The molecule has 0 aliphatic rings. The van der Waals surface area contributed by atoms with Gasteiger partial charge in [-0.1, -0.05) is 23.2 Å². The minimum absolute atomic E-state index is 0.169. The number of ether oxygens (including phenoxy) is 1. The lowest BCUT2D eigenvalue weighted by Crippen LogP contribution is -2.20. The summed E-state index contributed by atoms with van der Waals surface area (Å²) in [5.74, 6) is -0.0743. The van der Waals surface area contributed by atoms with Gasteiger partial charge in [0.15, 0.2) is 12.4 Å². The number of nitrogens with one attached hydrogen (secondary N) is 2. The summed E-state index contributed by atoms with van der Waals surface area (Å²) >= 11 is 12.0. The van der Waals surface area contributed by atoms with Crippen molar-refractivity contribution in [3.05, 3.63) is 76.7 Å². The molecular formula is C19H14Cl2N2O4. The second-order valence-corrected chi connectivity index (χ2v) is 6.26. The van der Waals surface area contributed by atoms with Crippen LogP contribution in [-0.4, -0.2) is 18.4 Å². The van der Waals surface area contributed by atoms with Gasteiger partial charge in [0, 0.05) is 10.7 Å². The van der Waals surface area contributed by atoms with Gasteiger partial charge in [-0.05, 0) is 54.6 Å². The van der Waals surface area contributed by atoms with Crippen LogP contribution < -0.4 is 15.4 Å². The first kappa shape index (κ1) is 18.8. The maximum absolute atomic E-state index is 12.0. The lowest BCUT2D eigenvalue weighted by Gasteiger charge is -2.10. The van der Waals surface area contributed by atoms with Crippen molar-refractivity contribution in [2.45, 2.75) is 0 Å².